The van der Waals surface area contributed by atoms with Crippen LogP contribution in [-0.2, 0) is 22.7 Å². The number of amides is 1. The highest BCUT2D eigenvalue weighted by Gasteiger charge is 2.32. The Morgan fingerprint density at radius 1 is 0.923 bits per heavy atom. The number of nitrogens with zero attached hydrogens (tertiary/aromatic N) is 2. The monoisotopic (exact) mass is 546 g/mol. The summed E-state index contributed by atoms with van der Waals surface area (Å²) in [6, 6.07) is 0. The third-order valence-electron chi connectivity index (χ3n) is 7.96. The molecule has 0 spiro atoms. The Balaban J connectivity index is 1.50. The summed E-state index contributed by atoms with van der Waals surface area (Å²) in [5, 5.41) is 3.14. The van der Waals surface area contributed by atoms with E-state index in [1.807, 2.05) is 27.0 Å². The molecule has 1 aliphatic heterocycles. The minimum atomic E-state index is -0.626. The molecular weight excluding hydrogens is 486 g/mol. The fourth-order valence-electron chi connectivity index (χ4n) is 5.41. The summed E-state index contributed by atoms with van der Waals surface area (Å²) in [4.78, 5) is 16.9. The zero-order valence-electron chi connectivity index (χ0n) is 26.3. The van der Waals surface area contributed by atoms with E-state index < -0.39 is 5.79 Å². The van der Waals surface area contributed by atoms with Crippen molar-refractivity contribution in [3.63, 3.8) is 0 Å². The summed E-state index contributed by atoms with van der Waals surface area (Å²) in [5.74, 6) is 0.419. The van der Waals surface area contributed by atoms with Gasteiger partial charge < -0.3 is 19.3 Å². The van der Waals surface area contributed by atoms with Crippen LogP contribution in [-0.4, -0.2) is 48.3 Å². The molecular formula is C33H60N3O3+. The number of quaternary nitrogens is 1. The van der Waals surface area contributed by atoms with Crippen molar-refractivity contribution in [2.45, 2.75) is 149 Å². The third-order valence-corrected chi connectivity index (χ3v) is 7.96. The van der Waals surface area contributed by atoms with Crippen LogP contribution in [0.5, 0.6) is 5.75 Å². The van der Waals surface area contributed by atoms with Gasteiger partial charge in [-0.3, -0.25) is 9.78 Å². The van der Waals surface area contributed by atoms with Gasteiger partial charge in [-0.05, 0) is 13.3 Å². The lowest BCUT2D eigenvalue weighted by Crippen LogP contribution is -2.45. The van der Waals surface area contributed by atoms with Gasteiger partial charge in [-0.2, -0.15) is 0 Å². The lowest BCUT2D eigenvalue weighted by Gasteiger charge is -2.36. The van der Waals surface area contributed by atoms with Gasteiger partial charge in [0.1, 0.15) is 12.3 Å². The van der Waals surface area contributed by atoms with Crippen LogP contribution in [0.15, 0.2) is 6.20 Å². The maximum atomic E-state index is 12.3. The number of pyridine rings is 1. The maximum absolute atomic E-state index is 12.3. The van der Waals surface area contributed by atoms with Crippen LogP contribution in [0.25, 0.3) is 0 Å². The molecule has 1 aromatic heterocycles. The molecule has 0 aliphatic carbocycles. The van der Waals surface area contributed by atoms with Gasteiger partial charge in [-0.25, -0.2) is 0 Å². The van der Waals surface area contributed by atoms with E-state index in [9.17, 15) is 4.79 Å². The molecule has 0 saturated carbocycles. The van der Waals surface area contributed by atoms with E-state index in [0.29, 0.717) is 19.6 Å². The average molecular weight is 547 g/mol. The average Bonchev–Trinajstić information content (AvgIpc) is 2.87. The zero-order valence-corrected chi connectivity index (χ0v) is 26.3. The van der Waals surface area contributed by atoms with Crippen molar-refractivity contribution >= 4 is 5.91 Å². The Labute approximate surface area is 240 Å². The molecule has 2 rings (SSSR count). The molecule has 6 nitrogen and oxygen atoms in total. The first-order valence-electron chi connectivity index (χ1n) is 16.0. The first kappa shape index (κ1) is 33.5. The molecule has 0 saturated heterocycles. The number of rotatable bonds is 21. The van der Waals surface area contributed by atoms with Gasteiger partial charge in [0, 0.05) is 37.6 Å². The highest BCUT2D eigenvalue weighted by Crippen LogP contribution is 2.35. The summed E-state index contributed by atoms with van der Waals surface area (Å²) >= 11 is 0. The first-order valence-corrected chi connectivity index (χ1v) is 16.0. The summed E-state index contributed by atoms with van der Waals surface area (Å²) in [6.07, 6.45) is 22.8. The van der Waals surface area contributed by atoms with E-state index in [1.165, 1.54) is 89.9 Å². The molecule has 224 valence electrons. The number of aromatic nitrogens is 1. The molecule has 0 fully saturated rings. The molecule has 0 bridgehead atoms. The van der Waals surface area contributed by atoms with E-state index in [1.54, 1.807) is 0 Å². The van der Waals surface area contributed by atoms with Crippen molar-refractivity contribution in [2.75, 3.05) is 27.2 Å². The van der Waals surface area contributed by atoms with Gasteiger partial charge in [0.15, 0.2) is 0 Å². The number of unbranched alkanes of at least 4 members (excludes halogenated alkanes) is 14. The van der Waals surface area contributed by atoms with E-state index in [4.69, 9.17) is 9.47 Å². The van der Waals surface area contributed by atoms with Gasteiger partial charge in [0.2, 0.25) is 11.7 Å². The highest BCUT2D eigenvalue weighted by atomic mass is 16.7. The standard InChI is InChI=1S/C33H59N3O3/c1-7-8-9-10-11-12-13-14-15-16-17-18-19-20-21-22-31(37)34-23-24-36(5,6)26-29-25-35-28(2)32-30(29)27-38-33(3,4)39-32/h25H,7-24,26-27H2,1-6H3/p+1. The molecule has 0 aromatic carbocycles. The van der Waals surface area contributed by atoms with Crippen molar-refractivity contribution in [3.05, 3.63) is 23.0 Å². The molecule has 1 amide bonds. The fraction of sp³-hybridized carbons (Fsp3) is 0.818. The van der Waals surface area contributed by atoms with E-state index in [-0.39, 0.29) is 5.91 Å². The number of fused-ring (bicyclic) bond motifs is 1. The summed E-state index contributed by atoms with van der Waals surface area (Å²) < 4.78 is 12.7. The van der Waals surface area contributed by atoms with Gasteiger partial charge in [0.05, 0.1) is 39.5 Å². The van der Waals surface area contributed by atoms with Crippen molar-refractivity contribution in [2.24, 2.45) is 0 Å². The van der Waals surface area contributed by atoms with Crippen LogP contribution >= 0.6 is 0 Å². The largest absolute Gasteiger partial charge is 0.461 e. The molecule has 1 aromatic rings. The summed E-state index contributed by atoms with van der Waals surface area (Å²) in [5.41, 5.74) is 3.16. The van der Waals surface area contributed by atoms with Gasteiger partial charge in [0.25, 0.3) is 0 Å². The second-order valence-corrected chi connectivity index (χ2v) is 12.8. The zero-order chi connectivity index (χ0) is 28.6. The molecule has 0 unspecified atom stereocenters. The predicted octanol–water partition coefficient (Wildman–Crippen LogP) is 7.99. The lowest BCUT2D eigenvalue weighted by atomic mass is 10.0. The van der Waals surface area contributed by atoms with E-state index >= 15 is 0 Å². The predicted molar refractivity (Wildman–Crippen MR) is 162 cm³/mol. The van der Waals surface area contributed by atoms with Gasteiger partial charge in [-0.15, -0.1) is 0 Å². The van der Waals surface area contributed by atoms with E-state index in [0.717, 1.165) is 46.6 Å². The topological polar surface area (TPSA) is 60.5 Å². The summed E-state index contributed by atoms with van der Waals surface area (Å²) in [6.45, 7) is 11.0. The minimum Gasteiger partial charge on any atom is -0.461 e. The number of carbonyl (C=O) groups excluding carboxylic acids is 1. The van der Waals surface area contributed by atoms with Crippen LogP contribution in [0.2, 0.25) is 0 Å². The molecule has 1 N–H and O–H groups in total. The lowest BCUT2D eigenvalue weighted by molar-refractivity contribution is -0.902. The Kier molecular flexibility index (Phi) is 15.4. The van der Waals surface area contributed by atoms with Crippen molar-refractivity contribution in [1.82, 2.24) is 10.3 Å². The van der Waals surface area contributed by atoms with Gasteiger partial charge >= 0.3 is 0 Å². The van der Waals surface area contributed by atoms with Crippen molar-refractivity contribution < 1.29 is 18.8 Å². The second-order valence-electron chi connectivity index (χ2n) is 12.8. The number of carbonyl (C=O) groups is 1. The molecule has 0 radical (unpaired) electrons. The Bertz CT molecular complexity index is 838. The quantitative estimate of drug-likeness (QED) is 0.125. The first-order chi connectivity index (χ1) is 18.6. The van der Waals surface area contributed by atoms with E-state index in [2.05, 4.69) is 31.3 Å². The highest BCUT2D eigenvalue weighted by molar-refractivity contribution is 5.75. The fourth-order valence-corrected chi connectivity index (χ4v) is 5.41. The Morgan fingerprint density at radius 2 is 1.46 bits per heavy atom. The Hall–Kier alpha value is -1.66. The normalized spacial score (nSPS) is 14.6. The smallest absolute Gasteiger partial charge is 0.220 e. The number of likely N-dealkylation sites (N-methyl/N-ethyl adjacent to an activating group) is 1. The molecule has 0 atom stereocenters. The number of aryl methyl sites for hydroxylation is 1. The second kappa shape index (κ2) is 17.9. The summed E-state index contributed by atoms with van der Waals surface area (Å²) in [7, 11) is 4.39. The molecule has 1 aliphatic rings. The van der Waals surface area contributed by atoms with Crippen molar-refractivity contribution in [3.8, 4) is 5.75 Å². The van der Waals surface area contributed by atoms with Crippen LogP contribution in [0, 0.1) is 6.92 Å². The molecule has 2 heterocycles. The van der Waals surface area contributed by atoms with Crippen LogP contribution < -0.4 is 10.1 Å². The number of hydrogen-bond acceptors (Lipinski definition) is 4. The molecule has 6 heteroatoms. The number of ether oxygens (including phenoxy) is 2. The maximum Gasteiger partial charge on any atom is 0.220 e. The van der Waals surface area contributed by atoms with Crippen LogP contribution in [0.3, 0.4) is 0 Å². The third kappa shape index (κ3) is 14.0. The van der Waals surface area contributed by atoms with Gasteiger partial charge in [-0.1, -0.05) is 96.8 Å². The molecule has 39 heavy (non-hydrogen) atoms. The number of hydrogen-bond donors (Lipinski definition) is 1. The van der Waals surface area contributed by atoms with Crippen LogP contribution in [0.4, 0.5) is 0 Å². The Morgan fingerprint density at radius 3 is 2.03 bits per heavy atom. The van der Waals surface area contributed by atoms with Crippen LogP contribution in [0.1, 0.15) is 140 Å². The number of nitrogens with one attached hydrogen (secondary N) is 1. The minimum absolute atomic E-state index is 0.183. The van der Waals surface area contributed by atoms with Crippen molar-refractivity contribution in [1.29, 1.82) is 0 Å². The SMILES string of the molecule is CCCCCCCCCCCCCCCCCC(=O)NCC[N+](C)(C)Cc1cnc(C)c2c1COC(C)(C)O2.